The Labute approximate surface area is 161 Å². The molecule has 6 rings (SSSR count). The number of hydrogen-bond donors (Lipinski definition) is 1. The third-order valence-electron chi connectivity index (χ3n) is 7.01. The molecule has 0 bridgehead atoms. The van der Waals surface area contributed by atoms with Crippen LogP contribution >= 0.6 is 0 Å². The number of fused-ring (bicyclic) bond motifs is 2. The molecule has 2 aromatic rings. The van der Waals surface area contributed by atoms with Crippen LogP contribution in [0.2, 0.25) is 0 Å². The van der Waals surface area contributed by atoms with E-state index < -0.39 is 0 Å². The van der Waals surface area contributed by atoms with Crippen molar-refractivity contribution in [2.45, 2.75) is 37.5 Å². The molecule has 4 aliphatic rings. The van der Waals surface area contributed by atoms with Crippen molar-refractivity contribution in [1.82, 2.24) is 5.32 Å². The molecule has 2 fully saturated rings. The summed E-state index contributed by atoms with van der Waals surface area (Å²) >= 11 is 0. The predicted octanol–water partition coefficient (Wildman–Crippen LogP) is 4.05. The summed E-state index contributed by atoms with van der Waals surface area (Å²) in [5.74, 6) is 5.38. The van der Waals surface area contributed by atoms with E-state index in [-0.39, 0.29) is 0 Å². The molecule has 0 unspecified atom stereocenters. The maximum absolute atomic E-state index is 5.73. The minimum atomic E-state index is 0.749. The standard InChI is InChI=1S/C24H27NO2/c1-3-17(19-7-9-26-23(19)5-1)21-11-15(21)13-25-14-16-12-22(16)18-4-2-6-24-20(18)8-10-27-24/h1-6,15-16,21-22,25H,7-14H2/t15-,16-,21+,22+/m0/s1. The Morgan fingerprint density at radius 2 is 1.26 bits per heavy atom. The van der Waals surface area contributed by atoms with Crippen LogP contribution in [0.15, 0.2) is 36.4 Å². The van der Waals surface area contributed by atoms with Crippen LogP contribution < -0.4 is 14.8 Å². The van der Waals surface area contributed by atoms with Gasteiger partial charge in [0.2, 0.25) is 0 Å². The van der Waals surface area contributed by atoms with E-state index in [2.05, 4.69) is 41.7 Å². The summed E-state index contributed by atoms with van der Waals surface area (Å²) in [6.07, 6.45) is 4.86. The molecule has 2 aliphatic carbocycles. The molecule has 0 amide bonds. The Kier molecular flexibility index (Phi) is 3.72. The molecule has 3 nitrogen and oxygen atoms in total. The highest BCUT2D eigenvalue weighted by Crippen LogP contribution is 2.52. The number of hydrogen-bond acceptors (Lipinski definition) is 3. The minimum Gasteiger partial charge on any atom is -0.493 e. The fourth-order valence-corrected chi connectivity index (χ4v) is 5.35. The average Bonchev–Trinajstić information content (AvgIpc) is 3.51. The molecule has 2 aliphatic heterocycles. The second-order valence-electron chi connectivity index (χ2n) is 8.71. The van der Waals surface area contributed by atoms with Gasteiger partial charge in [-0.15, -0.1) is 0 Å². The number of rotatable bonds is 6. The molecule has 0 spiro atoms. The van der Waals surface area contributed by atoms with Crippen molar-refractivity contribution in [2.24, 2.45) is 11.8 Å². The van der Waals surface area contributed by atoms with Crippen molar-refractivity contribution in [3.63, 3.8) is 0 Å². The van der Waals surface area contributed by atoms with E-state index in [1.807, 2.05) is 0 Å². The van der Waals surface area contributed by atoms with Crippen molar-refractivity contribution in [1.29, 1.82) is 0 Å². The zero-order valence-electron chi connectivity index (χ0n) is 15.7. The first-order chi connectivity index (χ1) is 13.4. The Morgan fingerprint density at radius 3 is 1.78 bits per heavy atom. The first-order valence-electron chi connectivity index (χ1n) is 10.6. The largest absolute Gasteiger partial charge is 0.493 e. The van der Waals surface area contributed by atoms with Gasteiger partial charge in [-0.2, -0.15) is 0 Å². The van der Waals surface area contributed by atoms with Crippen molar-refractivity contribution in [3.05, 3.63) is 58.7 Å². The second kappa shape index (κ2) is 6.27. The highest BCUT2D eigenvalue weighted by molar-refractivity contribution is 5.47. The number of ether oxygens (including phenoxy) is 2. The second-order valence-corrected chi connectivity index (χ2v) is 8.71. The zero-order valence-corrected chi connectivity index (χ0v) is 15.7. The first-order valence-corrected chi connectivity index (χ1v) is 10.6. The van der Waals surface area contributed by atoms with E-state index in [0.717, 1.165) is 74.3 Å². The molecule has 2 aromatic carbocycles. The maximum Gasteiger partial charge on any atom is 0.122 e. The van der Waals surface area contributed by atoms with E-state index in [9.17, 15) is 0 Å². The SMILES string of the molecule is c1cc2c(c([C@@H]3C[C@H]3CNC[C@@H]3C[C@H]3c3cccc4c3CCO4)c1)CCO2. The van der Waals surface area contributed by atoms with Gasteiger partial charge in [-0.25, -0.2) is 0 Å². The van der Waals surface area contributed by atoms with Crippen molar-refractivity contribution in [2.75, 3.05) is 26.3 Å². The van der Waals surface area contributed by atoms with E-state index in [1.165, 1.54) is 24.0 Å². The third-order valence-corrected chi connectivity index (χ3v) is 7.01. The lowest BCUT2D eigenvalue weighted by Gasteiger charge is -2.09. The van der Waals surface area contributed by atoms with E-state index in [4.69, 9.17) is 9.47 Å². The molecular weight excluding hydrogens is 334 g/mol. The summed E-state index contributed by atoms with van der Waals surface area (Å²) in [7, 11) is 0. The first kappa shape index (κ1) is 16.0. The third kappa shape index (κ3) is 2.84. The molecule has 27 heavy (non-hydrogen) atoms. The quantitative estimate of drug-likeness (QED) is 0.842. The van der Waals surface area contributed by atoms with Gasteiger partial charge in [-0.3, -0.25) is 0 Å². The Bertz CT molecular complexity index is 805. The van der Waals surface area contributed by atoms with Gasteiger partial charge in [-0.05, 0) is 72.9 Å². The summed E-state index contributed by atoms with van der Waals surface area (Å²) in [4.78, 5) is 0. The van der Waals surface area contributed by atoms with Crippen LogP contribution in [0.4, 0.5) is 0 Å². The molecule has 2 saturated carbocycles. The Hall–Kier alpha value is -2.00. The summed E-state index contributed by atoms with van der Waals surface area (Å²) in [5, 5.41) is 3.78. The van der Waals surface area contributed by atoms with Crippen molar-refractivity contribution < 1.29 is 9.47 Å². The van der Waals surface area contributed by atoms with Crippen molar-refractivity contribution >= 4 is 0 Å². The van der Waals surface area contributed by atoms with E-state index in [1.54, 1.807) is 11.1 Å². The predicted molar refractivity (Wildman–Crippen MR) is 106 cm³/mol. The van der Waals surface area contributed by atoms with Gasteiger partial charge in [0.1, 0.15) is 11.5 Å². The summed E-state index contributed by atoms with van der Waals surface area (Å²) in [6.45, 7) is 4.04. The van der Waals surface area contributed by atoms with Gasteiger partial charge in [0, 0.05) is 24.0 Å². The van der Waals surface area contributed by atoms with Gasteiger partial charge in [0.15, 0.2) is 0 Å². The normalized spacial score (nSPS) is 29.6. The lowest BCUT2D eigenvalue weighted by atomic mass is 9.99. The van der Waals surface area contributed by atoms with E-state index in [0.29, 0.717) is 0 Å². The smallest absolute Gasteiger partial charge is 0.122 e. The molecule has 0 radical (unpaired) electrons. The van der Waals surface area contributed by atoms with Crippen molar-refractivity contribution in [3.8, 4) is 11.5 Å². The topological polar surface area (TPSA) is 30.5 Å². The molecule has 0 aromatic heterocycles. The molecule has 0 saturated heterocycles. The fourth-order valence-electron chi connectivity index (χ4n) is 5.35. The minimum absolute atomic E-state index is 0.749. The monoisotopic (exact) mass is 361 g/mol. The van der Waals surface area contributed by atoms with Crippen LogP contribution in [0.3, 0.4) is 0 Å². The Morgan fingerprint density at radius 1 is 0.741 bits per heavy atom. The van der Waals surface area contributed by atoms with Crippen LogP contribution in [-0.2, 0) is 12.8 Å². The molecule has 3 heteroatoms. The fraction of sp³-hybridized carbons (Fsp3) is 0.500. The molecule has 140 valence electrons. The highest BCUT2D eigenvalue weighted by atomic mass is 16.5. The molecule has 2 heterocycles. The molecule has 1 N–H and O–H groups in total. The lowest BCUT2D eigenvalue weighted by Crippen LogP contribution is -2.20. The van der Waals surface area contributed by atoms with Crippen LogP contribution in [-0.4, -0.2) is 26.3 Å². The van der Waals surface area contributed by atoms with Crippen LogP contribution in [0.5, 0.6) is 11.5 Å². The molecule has 4 atom stereocenters. The van der Waals surface area contributed by atoms with E-state index >= 15 is 0 Å². The summed E-state index contributed by atoms with van der Waals surface area (Å²) in [5.41, 5.74) is 6.07. The maximum atomic E-state index is 5.73. The van der Waals surface area contributed by atoms with Gasteiger partial charge in [-0.1, -0.05) is 24.3 Å². The summed E-state index contributed by atoms with van der Waals surface area (Å²) < 4.78 is 11.5. The van der Waals surface area contributed by atoms with Crippen LogP contribution in [0.25, 0.3) is 0 Å². The van der Waals surface area contributed by atoms with Gasteiger partial charge >= 0.3 is 0 Å². The molecular formula is C24H27NO2. The number of nitrogens with one attached hydrogen (secondary N) is 1. The lowest BCUT2D eigenvalue weighted by molar-refractivity contribution is 0.356. The highest BCUT2D eigenvalue weighted by Gasteiger charge is 2.42. The van der Waals surface area contributed by atoms with Crippen LogP contribution in [0, 0.1) is 11.8 Å². The summed E-state index contributed by atoms with van der Waals surface area (Å²) in [6, 6.07) is 13.2. The van der Waals surface area contributed by atoms with Gasteiger partial charge in [0.05, 0.1) is 13.2 Å². The average molecular weight is 361 g/mol. The number of benzene rings is 2. The van der Waals surface area contributed by atoms with Crippen LogP contribution in [0.1, 0.15) is 46.9 Å². The van der Waals surface area contributed by atoms with Gasteiger partial charge in [0.25, 0.3) is 0 Å². The van der Waals surface area contributed by atoms with Gasteiger partial charge < -0.3 is 14.8 Å². The Balaban J connectivity index is 1.02. The zero-order chi connectivity index (χ0) is 17.8.